The van der Waals surface area contributed by atoms with Crippen molar-refractivity contribution in [2.24, 2.45) is 0 Å². The molecule has 0 aliphatic rings. The summed E-state index contributed by atoms with van der Waals surface area (Å²) in [4.78, 5) is 2.10. The Morgan fingerprint density at radius 2 is 2.00 bits per heavy atom. The molecule has 3 heteroatoms. The minimum absolute atomic E-state index is 0.213. The molecule has 0 unspecified atom stereocenters. The molecule has 62 valence electrons. The van der Waals surface area contributed by atoms with Crippen LogP contribution in [0, 0.1) is 0 Å². The molecular weight excluding hydrogens is 131 g/mol. The highest BCUT2D eigenvalue weighted by molar-refractivity contribution is 4.49. The SMILES string of the molecule is CN(C)CCNCCCF. The van der Waals surface area contributed by atoms with E-state index in [2.05, 4.69) is 10.2 Å². The first-order chi connectivity index (χ1) is 4.77. The first-order valence-corrected chi connectivity index (χ1v) is 3.69. The van der Waals surface area contributed by atoms with Crippen LogP contribution in [-0.4, -0.2) is 45.3 Å². The molecule has 0 aromatic carbocycles. The van der Waals surface area contributed by atoms with Gasteiger partial charge in [-0.1, -0.05) is 0 Å². The smallest absolute Gasteiger partial charge is 0.0906 e. The van der Waals surface area contributed by atoms with Crippen LogP contribution in [0.1, 0.15) is 6.42 Å². The molecule has 0 atom stereocenters. The number of halogens is 1. The minimum atomic E-state index is -0.213. The van der Waals surface area contributed by atoms with Crippen LogP contribution in [0.4, 0.5) is 4.39 Å². The Morgan fingerprint density at radius 3 is 2.50 bits per heavy atom. The van der Waals surface area contributed by atoms with Crippen molar-refractivity contribution >= 4 is 0 Å². The number of rotatable bonds is 6. The topological polar surface area (TPSA) is 15.3 Å². The summed E-state index contributed by atoms with van der Waals surface area (Å²) < 4.78 is 11.5. The highest BCUT2D eigenvalue weighted by Gasteiger charge is 1.88. The zero-order valence-corrected chi connectivity index (χ0v) is 6.86. The Bertz CT molecular complexity index is 66.6. The van der Waals surface area contributed by atoms with Crippen LogP contribution in [0.25, 0.3) is 0 Å². The number of nitrogens with zero attached hydrogens (tertiary/aromatic N) is 1. The van der Waals surface area contributed by atoms with Crippen LogP contribution in [-0.2, 0) is 0 Å². The fourth-order valence-electron chi connectivity index (χ4n) is 0.619. The summed E-state index contributed by atoms with van der Waals surface area (Å²) in [6.45, 7) is 2.55. The molecule has 0 aliphatic heterocycles. The van der Waals surface area contributed by atoms with E-state index in [4.69, 9.17) is 0 Å². The van der Waals surface area contributed by atoms with Gasteiger partial charge in [-0.05, 0) is 27.1 Å². The van der Waals surface area contributed by atoms with Crippen molar-refractivity contribution in [3.8, 4) is 0 Å². The number of likely N-dealkylation sites (N-methyl/N-ethyl adjacent to an activating group) is 1. The molecule has 0 fully saturated rings. The van der Waals surface area contributed by atoms with Gasteiger partial charge in [0.05, 0.1) is 6.67 Å². The van der Waals surface area contributed by atoms with Crippen molar-refractivity contribution in [3.63, 3.8) is 0 Å². The fraction of sp³-hybridized carbons (Fsp3) is 1.00. The van der Waals surface area contributed by atoms with Crippen LogP contribution in [0.15, 0.2) is 0 Å². The van der Waals surface area contributed by atoms with Crippen LogP contribution in [0.2, 0.25) is 0 Å². The zero-order chi connectivity index (χ0) is 7.82. The lowest BCUT2D eigenvalue weighted by Gasteiger charge is -2.09. The number of hydrogen-bond acceptors (Lipinski definition) is 2. The van der Waals surface area contributed by atoms with Crippen LogP contribution < -0.4 is 5.32 Å². The van der Waals surface area contributed by atoms with Gasteiger partial charge in [0, 0.05) is 13.1 Å². The molecule has 0 heterocycles. The molecule has 2 nitrogen and oxygen atoms in total. The maximum Gasteiger partial charge on any atom is 0.0906 e. The second-order valence-electron chi connectivity index (χ2n) is 2.60. The van der Waals surface area contributed by atoms with Gasteiger partial charge in [-0.3, -0.25) is 4.39 Å². The van der Waals surface area contributed by atoms with Gasteiger partial charge in [0.25, 0.3) is 0 Å². The van der Waals surface area contributed by atoms with Crippen molar-refractivity contribution < 1.29 is 4.39 Å². The second-order valence-corrected chi connectivity index (χ2v) is 2.60. The first kappa shape index (κ1) is 9.85. The Kier molecular flexibility index (Phi) is 6.86. The Balaban J connectivity index is 2.77. The van der Waals surface area contributed by atoms with Gasteiger partial charge in [-0.2, -0.15) is 0 Å². The van der Waals surface area contributed by atoms with Crippen molar-refractivity contribution in [3.05, 3.63) is 0 Å². The van der Waals surface area contributed by atoms with E-state index >= 15 is 0 Å². The predicted octanol–water partition coefficient (Wildman–Crippen LogP) is 0.497. The largest absolute Gasteiger partial charge is 0.315 e. The van der Waals surface area contributed by atoms with E-state index in [1.165, 1.54) is 0 Å². The summed E-state index contributed by atoms with van der Waals surface area (Å²) in [7, 11) is 4.05. The standard InChI is InChI=1S/C7H17FN2/c1-10(2)7-6-9-5-3-4-8/h9H,3-7H2,1-2H3. The minimum Gasteiger partial charge on any atom is -0.315 e. The van der Waals surface area contributed by atoms with Crippen molar-refractivity contribution in [1.82, 2.24) is 10.2 Å². The average molecular weight is 148 g/mol. The van der Waals surface area contributed by atoms with Gasteiger partial charge in [-0.15, -0.1) is 0 Å². The normalized spacial score (nSPS) is 10.8. The van der Waals surface area contributed by atoms with Gasteiger partial charge in [0.1, 0.15) is 0 Å². The highest BCUT2D eigenvalue weighted by atomic mass is 19.1. The van der Waals surface area contributed by atoms with E-state index in [0.29, 0.717) is 6.42 Å². The number of hydrogen-bond donors (Lipinski definition) is 1. The Labute approximate surface area is 62.4 Å². The lowest BCUT2D eigenvalue weighted by molar-refractivity contribution is 0.393. The zero-order valence-electron chi connectivity index (χ0n) is 6.86. The molecule has 0 saturated carbocycles. The lowest BCUT2D eigenvalue weighted by atomic mass is 10.4. The molecule has 0 aliphatic carbocycles. The third-order valence-electron chi connectivity index (χ3n) is 1.22. The molecule has 0 rings (SSSR count). The van der Waals surface area contributed by atoms with Gasteiger partial charge in [-0.25, -0.2) is 0 Å². The molecular formula is C7H17FN2. The van der Waals surface area contributed by atoms with Gasteiger partial charge < -0.3 is 10.2 Å². The van der Waals surface area contributed by atoms with Crippen molar-refractivity contribution in [2.45, 2.75) is 6.42 Å². The summed E-state index contributed by atoms with van der Waals surface area (Å²) in [6, 6.07) is 0. The molecule has 0 amide bonds. The average Bonchev–Trinajstić information content (AvgIpc) is 1.87. The second kappa shape index (κ2) is 6.96. The Morgan fingerprint density at radius 1 is 1.30 bits per heavy atom. The Hall–Kier alpha value is -0.150. The van der Waals surface area contributed by atoms with Crippen molar-refractivity contribution in [1.29, 1.82) is 0 Å². The van der Waals surface area contributed by atoms with Crippen LogP contribution in [0.3, 0.4) is 0 Å². The molecule has 0 radical (unpaired) electrons. The van der Waals surface area contributed by atoms with Crippen LogP contribution in [0.5, 0.6) is 0 Å². The number of alkyl halides is 1. The number of nitrogens with one attached hydrogen (secondary N) is 1. The monoisotopic (exact) mass is 148 g/mol. The quantitative estimate of drug-likeness (QED) is 0.552. The lowest BCUT2D eigenvalue weighted by Crippen LogP contribution is -2.27. The highest BCUT2D eigenvalue weighted by Crippen LogP contribution is 1.76. The third kappa shape index (κ3) is 7.85. The fourth-order valence-corrected chi connectivity index (χ4v) is 0.619. The molecule has 1 N–H and O–H groups in total. The summed E-state index contributed by atoms with van der Waals surface area (Å²) in [5, 5.41) is 3.14. The van der Waals surface area contributed by atoms with Gasteiger partial charge in [0.15, 0.2) is 0 Å². The summed E-state index contributed by atoms with van der Waals surface area (Å²) in [5.41, 5.74) is 0. The molecule has 10 heavy (non-hydrogen) atoms. The molecule has 0 aromatic rings. The predicted molar refractivity (Wildman–Crippen MR) is 42.0 cm³/mol. The van der Waals surface area contributed by atoms with Gasteiger partial charge >= 0.3 is 0 Å². The van der Waals surface area contributed by atoms with E-state index in [-0.39, 0.29) is 6.67 Å². The maximum absolute atomic E-state index is 11.5. The van der Waals surface area contributed by atoms with Crippen LogP contribution >= 0.6 is 0 Å². The van der Waals surface area contributed by atoms with E-state index in [0.717, 1.165) is 19.6 Å². The molecule has 0 spiro atoms. The van der Waals surface area contributed by atoms with E-state index in [9.17, 15) is 4.39 Å². The van der Waals surface area contributed by atoms with Gasteiger partial charge in [0.2, 0.25) is 0 Å². The van der Waals surface area contributed by atoms with E-state index < -0.39 is 0 Å². The third-order valence-corrected chi connectivity index (χ3v) is 1.22. The molecule has 0 saturated heterocycles. The first-order valence-electron chi connectivity index (χ1n) is 3.69. The summed E-state index contributed by atoms with van der Waals surface area (Å²) >= 11 is 0. The van der Waals surface area contributed by atoms with E-state index in [1.54, 1.807) is 0 Å². The summed E-state index contributed by atoms with van der Waals surface area (Å²) in [5.74, 6) is 0. The van der Waals surface area contributed by atoms with Crippen molar-refractivity contribution in [2.75, 3.05) is 40.4 Å². The molecule has 0 bridgehead atoms. The summed E-state index contributed by atoms with van der Waals surface area (Å²) in [6.07, 6.45) is 0.632. The van der Waals surface area contributed by atoms with E-state index in [1.807, 2.05) is 14.1 Å². The molecule has 0 aromatic heterocycles. The maximum atomic E-state index is 11.5.